The quantitative estimate of drug-likeness (QED) is 0.629. The number of hydrogen-bond acceptors (Lipinski definition) is 5. The van der Waals surface area contributed by atoms with E-state index >= 15 is 0 Å². The highest BCUT2D eigenvalue weighted by molar-refractivity contribution is 5.95. The molecule has 0 unspecified atom stereocenters. The second-order valence-electron chi connectivity index (χ2n) is 6.76. The summed E-state index contributed by atoms with van der Waals surface area (Å²) in [7, 11) is 0. The first kappa shape index (κ1) is 19.3. The van der Waals surface area contributed by atoms with Crippen molar-refractivity contribution in [2.24, 2.45) is 0 Å². The van der Waals surface area contributed by atoms with Gasteiger partial charge in [-0.15, -0.1) is 0 Å². The monoisotopic (exact) mass is 349 g/mol. The summed E-state index contributed by atoms with van der Waals surface area (Å²) in [5, 5.41) is 20.7. The van der Waals surface area contributed by atoms with Crippen molar-refractivity contribution < 1.29 is 14.8 Å². The Morgan fingerprint density at radius 3 is 2.40 bits per heavy atom. The highest BCUT2D eigenvalue weighted by Gasteiger charge is 2.27. The predicted octanol–water partition coefficient (Wildman–Crippen LogP) is 2.25. The second kappa shape index (κ2) is 8.40. The van der Waals surface area contributed by atoms with Gasteiger partial charge in [0.2, 0.25) is 0 Å². The van der Waals surface area contributed by atoms with Gasteiger partial charge in [-0.2, -0.15) is 0 Å². The number of amides is 1. The van der Waals surface area contributed by atoms with Gasteiger partial charge in [0.15, 0.2) is 0 Å². The maximum atomic E-state index is 12.7. The zero-order valence-corrected chi connectivity index (χ0v) is 15.1. The van der Waals surface area contributed by atoms with Crippen molar-refractivity contribution in [2.45, 2.75) is 39.2 Å². The number of nitro benzene ring substituents is 1. The second-order valence-corrected chi connectivity index (χ2v) is 6.76. The topological polar surface area (TPSA) is 86.9 Å². The molecule has 7 heteroatoms. The Balaban J connectivity index is 2.11. The summed E-state index contributed by atoms with van der Waals surface area (Å²) in [5.74, 6) is -0.146. The minimum Gasteiger partial charge on any atom is -0.395 e. The number of rotatable bonds is 6. The van der Waals surface area contributed by atoms with Crippen molar-refractivity contribution in [3.8, 4) is 0 Å². The Labute approximate surface area is 148 Å². The van der Waals surface area contributed by atoms with Gasteiger partial charge in [-0.05, 0) is 18.4 Å². The molecule has 7 nitrogen and oxygen atoms in total. The van der Waals surface area contributed by atoms with E-state index in [1.165, 1.54) is 6.07 Å². The van der Waals surface area contributed by atoms with Crippen molar-refractivity contribution in [3.05, 3.63) is 39.4 Å². The first-order valence-corrected chi connectivity index (χ1v) is 8.81. The van der Waals surface area contributed by atoms with Crippen LogP contribution in [0.4, 0.5) is 5.69 Å². The third-order valence-electron chi connectivity index (χ3n) is 4.90. The van der Waals surface area contributed by atoms with Gasteiger partial charge in [-0.25, -0.2) is 0 Å². The van der Waals surface area contributed by atoms with E-state index in [1.54, 1.807) is 17.0 Å². The van der Waals surface area contributed by atoms with Crippen LogP contribution >= 0.6 is 0 Å². The van der Waals surface area contributed by atoms with Crippen molar-refractivity contribution >= 4 is 11.6 Å². The first-order valence-electron chi connectivity index (χ1n) is 8.81. The van der Waals surface area contributed by atoms with Crippen LogP contribution in [0.1, 0.15) is 49.0 Å². The van der Waals surface area contributed by atoms with Crippen LogP contribution in [0.15, 0.2) is 18.2 Å². The van der Waals surface area contributed by atoms with E-state index in [9.17, 15) is 20.0 Å². The third kappa shape index (κ3) is 4.35. The number of aliphatic hydroxyl groups is 1. The molecule has 1 aliphatic rings. The van der Waals surface area contributed by atoms with Crippen LogP contribution in [-0.2, 0) is 0 Å². The van der Waals surface area contributed by atoms with Crippen LogP contribution < -0.4 is 0 Å². The molecule has 1 atom stereocenters. The lowest BCUT2D eigenvalue weighted by Gasteiger charge is -2.38. The molecule has 0 aromatic heterocycles. The summed E-state index contributed by atoms with van der Waals surface area (Å²) in [6.07, 6.45) is 0.868. The molecule has 1 aromatic carbocycles. The Morgan fingerprint density at radius 2 is 1.92 bits per heavy atom. The number of carbonyl (C=O) groups excluding carboxylic acids is 1. The SMILES string of the molecule is CC[C@@H](CO)N1CCN(C(=O)c2ccc(C(C)C)c([N+](=O)[O-])c2)CC1. The third-order valence-corrected chi connectivity index (χ3v) is 4.90. The van der Waals surface area contributed by atoms with Gasteiger partial charge in [0, 0.05) is 49.4 Å². The molecule has 1 aromatic rings. The normalized spacial score (nSPS) is 16.9. The summed E-state index contributed by atoms with van der Waals surface area (Å²) in [6, 6.07) is 4.89. The highest BCUT2D eigenvalue weighted by atomic mass is 16.6. The minimum absolute atomic E-state index is 0.00538. The van der Waals surface area contributed by atoms with Gasteiger partial charge in [-0.3, -0.25) is 19.8 Å². The Morgan fingerprint density at radius 1 is 1.28 bits per heavy atom. The lowest BCUT2D eigenvalue weighted by atomic mass is 9.99. The van der Waals surface area contributed by atoms with E-state index in [-0.39, 0.29) is 30.2 Å². The fourth-order valence-corrected chi connectivity index (χ4v) is 3.30. The molecule has 1 amide bonds. The lowest BCUT2D eigenvalue weighted by Crippen LogP contribution is -2.52. The smallest absolute Gasteiger partial charge is 0.273 e. The van der Waals surface area contributed by atoms with Crippen LogP contribution in [0.2, 0.25) is 0 Å². The number of nitrogens with zero attached hydrogens (tertiary/aromatic N) is 3. The molecule has 138 valence electrons. The molecule has 0 saturated carbocycles. The summed E-state index contributed by atoms with van der Waals surface area (Å²) < 4.78 is 0. The van der Waals surface area contributed by atoms with Gasteiger partial charge in [0.25, 0.3) is 11.6 Å². The number of benzene rings is 1. The fraction of sp³-hybridized carbons (Fsp3) is 0.611. The minimum atomic E-state index is -0.419. The molecule has 0 spiro atoms. The van der Waals surface area contributed by atoms with Crippen molar-refractivity contribution in [3.63, 3.8) is 0 Å². The van der Waals surface area contributed by atoms with Crippen LogP contribution in [0.3, 0.4) is 0 Å². The number of nitro groups is 1. The van der Waals surface area contributed by atoms with E-state index in [4.69, 9.17) is 0 Å². The lowest BCUT2D eigenvalue weighted by molar-refractivity contribution is -0.385. The van der Waals surface area contributed by atoms with Crippen LogP contribution in [0.5, 0.6) is 0 Å². The maximum Gasteiger partial charge on any atom is 0.273 e. The molecule has 1 fully saturated rings. The maximum absolute atomic E-state index is 12.7. The van der Waals surface area contributed by atoms with Gasteiger partial charge < -0.3 is 10.0 Å². The Kier molecular flexibility index (Phi) is 6.50. The predicted molar refractivity (Wildman–Crippen MR) is 95.8 cm³/mol. The number of carbonyl (C=O) groups is 1. The molecule has 25 heavy (non-hydrogen) atoms. The molecule has 1 saturated heterocycles. The van der Waals surface area contributed by atoms with Crippen LogP contribution in [0, 0.1) is 10.1 Å². The molecule has 0 bridgehead atoms. The zero-order chi connectivity index (χ0) is 18.6. The molecule has 0 aliphatic carbocycles. The first-order chi connectivity index (χ1) is 11.9. The molecule has 1 N–H and O–H groups in total. The van der Waals surface area contributed by atoms with E-state index in [2.05, 4.69) is 4.90 Å². The molecule has 1 aliphatic heterocycles. The standard InChI is InChI=1S/C18H27N3O4/c1-4-15(12-22)19-7-9-20(10-8-19)18(23)14-5-6-16(13(2)3)17(11-14)21(24)25/h5-6,11,13,15,22H,4,7-10,12H2,1-3H3/t15-/m0/s1. The van der Waals surface area contributed by atoms with Gasteiger partial charge in [0.05, 0.1) is 11.5 Å². The number of aliphatic hydroxyl groups excluding tert-OH is 1. The Bertz CT molecular complexity index is 621. The zero-order valence-electron chi connectivity index (χ0n) is 15.1. The Hall–Kier alpha value is -1.99. The molecule has 2 rings (SSSR count). The molecular formula is C18H27N3O4. The van der Waals surface area contributed by atoms with E-state index in [0.29, 0.717) is 37.3 Å². The number of piperazine rings is 1. The van der Waals surface area contributed by atoms with Gasteiger partial charge >= 0.3 is 0 Å². The average Bonchev–Trinajstić information content (AvgIpc) is 2.62. The summed E-state index contributed by atoms with van der Waals surface area (Å²) in [4.78, 5) is 27.5. The van der Waals surface area contributed by atoms with E-state index < -0.39 is 4.92 Å². The molecule has 1 heterocycles. The van der Waals surface area contributed by atoms with Crippen molar-refractivity contribution in [2.75, 3.05) is 32.8 Å². The summed E-state index contributed by atoms with van der Waals surface area (Å²) in [5.41, 5.74) is 1.00. The largest absolute Gasteiger partial charge is 0.395 e. The van der Waals surface area contributed by atoms with Crippen molar-refractivity contribution in [1.29, 1.82) is 0 Å². The molecule has 0 radical (unpaired) electrons. The summed E-state index contributed by atoms with van der Waals surface area (Å²) in [6.45, 7) is 8.49. The van der Waals surface area contributed by atoms with E-state index in [1.807, 2.05) is 20.8 Å². The summed E-state index contributed by atoms with van der Waals surface area (Å²) >= 11 is 0. The van der Waals surface area contributed by atoms with Crippen LogP contribution in [-0.4, -0.2) is 64.6 Å². The highest BCUT2D eigenvalue weighted by Crippen LogP contribution is 2.28. The van der Waals surface area contributed by atoms with Crippen LogP contribution in [0.25, 0.3) is 0 Å². The van der Waals surface area contributed by atoms with Gasteiger partial charge in [-0.1, -0.05) is 26.8 Å². The molecular weight excluding hydrogens is 322 g/mol. The van der Waals surface area contributed by atoms with Crippen molar-refractivity contribution in [1.82, 2.24) is 9.80 Å². The average molecular weight is 349 g/mol. The van der Waals surface area contributed by atoms with E-state index in [0.717, 1.165) is 6.42 Å². The van der Waals surface area contributed by atoms with Gasteiger partial charge in [0.1, 0.15) is 0 Å². The number of hydrogen-bond donors (Lipinski definition) is 1. The fourth-order valence-electron chi connectivity index (χ4n) is 3.30.